The Hall–Kier alpha value is -2.07. The van der Waals surface area contributed by atoms with E-state index in [1.165, 1.54) is 4.88 Å². The Kier molecular flexibility index (Phi) is 3.56. The molecule has 1 atom stereocenters. The third-order valence-electron chi connectivity index (χ3n) is 3.33. The van der Waals surface area contributed by atoms with Gasteiger partial charge in [0.05, 0.1) is 5.69 Å². The summed E-state index contributed by atoms with van der Waals surface area (Å²) in [7, 11) is 0. The summed E-state index contributed by atoms with van der Waals surface area (Å²) in [6.07, 6.45) is 2.18. The monoisotopic (exact) mass is 285 g/mol. The van der Waals surface area contributed by atoms with Crippen LogP contribution in [0.5, 0.6) is 5.75 Å². The third kappa shape index (κ3) is 2.34. The van der Waals surface area contributed by atoms with Crippen LogP contribution in [0.1, 0.15) is 22.8 Å². The smallest absolute Gasteiger partial charge is 0.225 e. The molecular formula is C16H15NO2S. The molecule has 0 fully saturated rings. The van der Waals surface area contributed by atoms with Crippen LogP contribution in [0.25, 0.3) is 0 Å². The van der Waals surface area contributed by atoms with Gasteiger partial charge in [0, 0.05) is 22.8 Å². The number of amides is 1. The number of thiophene rings is 1. The van der Waals surface area contributed by atoms with Crippen molar-refractivity contribution in [1.82, 2.24) is 0 Å². The molecule has 4 heteroatoms. The summed E-state index contributed by atoms with van der Waals surface area (Å²) in [4.78, 5) is 13.1. The zero-order valence-electron chi connectivity index (χ0n) is 11.0. The molecule has 1 N–H and O–H groups in total. The minimum atomic E-state index is 0.0550. The number of fused-ring (bicyclic) bond motifs is 1. The molecule has 0 bridgehead atoms. The largest absolute Gasteiger partial charge is 0.489 e. The first-order chi connectivity index (χ1) is 9.79. The molecule has 3 nitrogen and oxygen atoms in total. The lowest BCUT2D eigenvalue weighted by Gasteiger charge is -2.24. The van der Waals surface area contributed by atoms with Crippen LogP contribution in [0.15, 0.2) is 48.4 Å². The van der Waals surface area contributed by atoms with E-state index >= 15 is 0 Å². The predicted molar refractivity (Wildman–Crippen MR) is 81.5 cm³/mol. The first-order valence-electron chi connectivity index (χ1n) is 6.49. The third-order valence-corrected chi connectivity index (χ3v) is 4.36. The van der Waals surface area contributed by atoms with Crippen molar-refractivity contribution in [1.29, 1.82) is 0 Å². The van der Waals surface area contributed by atoms with Crippen molar-refractivity contribution in [2.75, 3.05) is 11.9 Å². The van der Waals surface area contributed by atoms with Crippen LogP contribution in [-0.4, -0.2) is 12.5 Å². The van der Waals surface area contributed by atoms with Gasteiger partial charge in [0.25, 0.3) is 0 Å². The van der Waals surface area contributed by atoms with E-state index in [1.54, 1.807) is 17.4 Å². The van der Waals surface area contributed by atoms with Gasteiger partial charge in [-0.1, -0.05) is 30.9 Å². The molecule has 2 heterocycles. The summed E-state index contributed by atoms with van der Waals surface area (Å²) in [5.41, 5.74) is 1.99. The Morgan fingerprint density at radius 3 is 3.10 bits per heavy atom. The van der Waals surface area contributed by atoms with Gasteiger partial charge in [0.1, 0.15) is 12.4 Å². The zero-order chi connectivity index (χ0) is 13.9. The molecule has 0 aliphatic carbocycles. The summed E-state index contributed by atoms with van der Waals surface area (Å²) in [6.45, 7) is 4.14. The fraction of sp³-hybridized carbons (Fsp3) is 0.188. The minimum Gasteiger partial charge on any atom is -0.489 e. The van der Waals surface area contributed by atoms with Crippen molar-refractivity contribution in [3.05, 3.63) is 58.8 Å². The molecule has 1 amide bonds. The van der Waals surface area contributed by atoms with E-state index in [2.05, 4.69) is 11.9 Å². The van der Waals surface area contributed by atoms with Gasteiger partial charge in [-0.05, 0) is 17.5 Å². The van der Waals surface area contributed by atoms with Crippen LogP contribution < -0.4 is 10.1 Å². The van der Waals surface area contributed by atoms with Gasteiger partial charge in [-0.25, -0.2) is 0 Å². The Morgan fingerprint density at radius 1 is 1.40 bits per heavy atom. The van der Waals surface area contributed by atoms with Gasteiger partial charge in [-0.2, -0.15) is 0 Å². The highest BCUT2D eigenvalue weighted by Gasteiger charge is 2.29. The molecule has 3 rings (SSSR count). The van der Waals surface area contributed by atoms with Crippen molar-refractivity contribution < 1.29 is 9.53 Å². The van der Waals surface area contributed by atoms with Gasteiger partial charge < -0.3 is 10.1 Å². The number of hydrogen-bond donors (Lipinski definition) is 1. The van der Waals surface area contributed by atoms with Gasteiger partial charge in [0.15, 0.2) is 0 Å². The molecule has 2 aromatic rings. The predicted octanol–water partition coefficient (Wildman–Crippen LogP) is 3.79. The number of carbonyl (C=O) groups excluding carboxylic acids is 1. The Morgan fingerprint density at radius 2 is 2.25 bits per heavy atom. The van der Waals surface area contributed by atoms with E-state index in [-0.39, 0.29) is 11.8 Å². The van der Waals surface area contributed by atoms with Gasteiger partial charge in [-0.15, -0.1) is 11.3 Å². The normalized spacial score (nSPS) is 17.2. The summed E-state index contributed by atoms with van der Waals surface area (Å²) < 4.78 is 5.72. The molecule has 1 aromatic carbocycles. The van der Waals surface area contributed by atoms with E-state index < -0.39 is 0 Å². The second-order valence-electron chi connectivity index (χ2n) is 4.64. The quantitative estimate of drug-likeness (QED) is 0.868. The minimum absolute atomic E-state index is 0.0550. The fourth-order valence-electron chi connectivity index (χ4n) is 2.47. The highest BCUT2D eigenvalue weighted by Crippen LogP contribution is 2.43. The van der Waals surface area contributed by atoms with E-state index in [0.29, 0.717) is 13.0 Å². The van der Waals surface area contributed by atoms with Crippen LogP contribution >= 0.6 is 11.3 Å². The second kappa shape index (κ2) is 5.51. The van der Waals surface area contributed by atoms with Crippen molar-refractivity contribution in [3.8, 4) is 5.75 Å². The SMILES string of the molecule is C=CCOc1ccccc1[C@@H]1CC(=O)Nc2ccsc21. The van der Waals surface area contributed by atoms with Crippen molar-refractivity contribution >= 4 is 22.9 Å². The number of ether oxygens (including phenoxy) is 1. The molecular weight excluding hydrogens is 270 g/mol. The summed E-state index contributed by atoms with van der Waals surface area (Å²) in [5, 5.41) is 4.93. The Labute approximate surface area is 121 Å². The Balaban J connectivity index is 2.01. The fourth-order valence-corrected chi connectivity index (χ4v) is 3.44. The van der Waals surface area contributed by atoms with Crippen LogP contribution in [-0.2, 0) is 4.79 Å². The van der Waals surface area contributed by atoms with Gasteiger partial charge >= 0.3 is 0 Å². The summed E-state index contributed by atoms with van der Waals surface area (Å²) in [6, 6.07) is 9.86. The number of carbonyl (C=O) groups is 1. The number of hydrogen-bond acceptors (Lipinski definition) is 3. The number of nitrogens with one attached hydrogen (secondary N) is 1. The lowest BCUT2D eigenvalue weighted by molar-refractivity contribution is -0.116. The number of rotatable bonds is 4. The maximum atomic E-state index is 11.9. The molecule has 1 aromatic heterocycles. The lowest BCUT2D eigenvalue weighted by Crippen LogP contribution is -2.22. The van der Waals surface area contributed by atoms with Crippen molar-refractivity contribution in [2.45, 2.75) is 12.3 Å². The van der Waals surface area contributed by atoms with E-state index in [4.69, 9.17) is 4.74 Å². The first-order valence-corrected chi connectivity index (χ1v) is 7.37. The molecule has 1 aliphatic heterocycles. The van der Waals surface area contributed by atoms with E-state index in [0.717, 1.165) is 17.0 Å². The summed E-state index contributed by atoms with van der Waals surface area (Å²) >= 11 is 1.67. The van der Waals surface area contributed by atoms with Crippen LogP contribution in [0.2, 0.25) is 0 Å². The van der Waals surface area contributed by atoms with Crippen molar-refractivity contribution in [3.63, 3.8) is 0 Å². The maximum Gasteiger partial charge on any atom is 0.225 e. The lowest BCUT2D eigenvalue weighted by atomic mass is 9.90. The Bertz CT molecular complexity index is 647. The molecule has 0 saturated carbocycles. The molecule has 0 saturated heterocycles. The van der Waals surface area contributed by atoms with Crippen LogP contribution in [0, 0.1) is 0 Å². The number of anilines is 1. The average molecular weight is 285 g/mol. The standard InChI is InChI=1S/C16H15NO2S/c1-2-8-19-14-6-4-3-5-11(14)12-10-15(18)17-13-7-9-20-16(12)13/h2-7,9,12H,1,8,10H2,(H,17,18)/t12-/m0/s1. The maximum absolute atomic E-state index is 11.9. The zero-order valence-corrected chi connectivity index (χ0v) is 11.8. The molecule has 0 unspecified atom stereocenters. The molecule has 0 spiro atoms. The van der Waals surface area contributed by atoms with Crippen molar-refractivity contribution in [2.24, 2.45) is 0 Å². The highest BCUT2D eigenvalue weighted by molar-refractivity contribution is 7.10. The topological polar surface area (TPSA) is 38.3 Å². The van der Waals surface area contributed by atoms with Gasteiger partial charge in [-0.3, -0.25) is 4.79 Å². The van der Waals surface area contributed by atoms with Crippen LogP contribution in [0.4, 0.5) is 5.69 Å². The molecule has 102 valence electrons. The van der Waals surface area contributed by atoms with E-state index in [1.807, 2.05) is 35.7 Å². The van der Waals surface area contributed by atoms with Crippen LogP contribution in [0.3, 0.4) is 0 Å². The average Bonchev–Trinajstić information content (AvgIpc) is 2.92. The second-order valence-corrected chi connectivity index (χ2v) is 5.59. The molecule has 1 aliphatic rings. The number of benzene rings is 1. The highest BCUT2D eigenvalue weighted by atomic mass is 32.1. The summed E-state index contributed by atoms with van der Waals surface area (Å²) in [5.74, 6) is 0.950. The first kappa shape index (κ1) is 12.9. The van der Waals surface area contributed by atoms with Gasteiger partial charge in [0.2, 0.25) is 5.91 Å². The molecule has 0 radical (unpaired) electrons. The number of para-hydroxylation sites is 1. The van der Waals surface area contributed by atoms with E-state index in [9.17, 15) is 4.79 Å². The molecule has 20 heavy (non-hydrogen) atoms.